The van der Waals surface area contributed by atoms with Crippen LogP contribution >= 0.6 is 12.4 Å². The molecule has 3 N–H and O–H groups in total. The zero-order valence-electron chi connectivity index (χ0n) is 21.8. The third-order valence-corrected chi connectivity index (χ3v) is 6.05. The Hall–Kier alpha value is -4.44. The van der Waals surface area contributed by atoms with Crippen molar-refractivity contribution in [3.63, 3.8) is 0 Å². The molecule has 0 aliphatic carbocycles. The summed E-state index contributed by atoms with van der Waals surface area (Å²) in [6.07, 6.45) is 4.25. The Labute approximate surface area is 232 Å². The summed E-state index contributed by atoms with van der Waals surface area (Å²) < 4.78 is 12.6. The molecule has 0 atom stereocenters. The number of halogens is 1. The Morgan fingerprint density at radius 1 is 1.10 bits per heavy atom. The van der Waals surface area contributed by atoms with Crippen LogP contribution < -0.4 is 15.4 Å². The molecule has 3 heterocycles. The van der Waals surface area contributed by atoms with Crippen molar-refractivity contribution in [1.82, 2.24) is 14.4 Å². The minimum absolute atomic E-state index is 0. The highest BCUT2D eigenvalue weighted by Gasteiger charge is 2.21. The number of amidine groups is 1. The van der Waals surface area contributed by atoms with Crippen LogP contribution in [0.4, 0.5) is 10.6 Å². The number of esters is 1. The Morgan fingerprint density at radius 3 is 2.54 bits per heavy atom. The summed E-state index contributed by atoms with van der Waals surface area (Å²) in [6.45, 7) is 4.06. The summed E-state index contributed by atoms with van der Waals surface area (Å²) in [5, 5.41) is 7.52. The van der Waals surface area contributed by atoms with E-state index in [4.69, 9.17) is 25.6 Å². The van der Waals surface area contributed by atoms with Crippen LogP contribution in [-0.4, -0.2) is 45.4 Å². The highest BCUT2D eigenvalue weighted by atomic mass is 35.5. The number of rotatable bonds is 10. The summed E-state index contributed by atoms with van der Waals surface area (Å²) in [5.41, 5.74) is 9.95. The number of ether oxygens (including phenoxy) is 2. The van der Waals surface area contributed by atoms with Crippen molar-refractivity contribution in [3.8, 4) is 5.75 Å². The Balaban J connectivity index is 0.00000420. The molecule has 0 unspecified atom stereocenters. The van der Waals surface area contributed by atoms with Crippen LogP contribution in [0.15, 0.2) is 67.0 Å². The first kappa shape index (κ1) is 29.1. The molecular formula is C28H31ClN6O4. The van der Waals surface area contributed by atoms with Gasteiger partial charge in [0.05, 0.1) is 18.7 Å². The first-order valence-electron chi connectivity index (χ1n) is 12.3. The predicted molar refractivity (Wildman–Crippen MR) is 151 cm³/mol. The molecule has 4 aromatic rings. The maximum absolute atomic E-state index is 13.1. The number of nitrogens with one attached hydrogen (secondary N) is 1. The van der Waals surface area contributed by atoms with E-state index in [1.807, 2.05) is 41.8 Å². The van der Waals surface area contributed by atoms with Crippen molar-refractivity contribution in [3.05, 3.63) is 89.5 Å². The van der Waals surface area contributed by atoms with Crippen LogP contribution in [0.5, 0.6) is 5.75 Å². The number of nitrogens with zero attached hydrogens (tertiary/aromatic N) is 4. The largest absolute Gasteiger partial charge is 0.466 e. The summed E-state index contributed by atoms with van der Waals surface area (Å²) in [6, 6.07) is 16.2. The minimum atomic E-state index is -0.658. The third-order valence-electron chi connectivity index (χ3n) is 6.05. The van der Waals surface area contributed by atoms with E-state index in [0.29, 0.717) is 22.8 Å². The van der Waals surface area contributed by atoms with Crippen LogP contribution in [0, 0.1) is 12.3 Å². The molecule has 3 aromatic heterocycles. The van der Waals surface area contributed by atoms with Crippen LogP contribution in [0.1, 0.15) is 35.9 Å². The number of hydrogen-bond acceptors (Lipinski definition) is 7. The fourth-order valence-electron chi connectivity index (χ4n) is 4.02. The van der Waals surface area contributed by atoms with E-state index in [9.17, 15) is 9.59 Å². The zero-order valence-corrected chi connectivity index (χ0v) is 22.6. The highest BCUT2D eigenvalue weighted by molar-refractivity contribution is 5.94. The molecule has 10 nitrogen and oxygen atoms in total. The Morgan fingerprint density at radius 2 is 1.87 bits per heavy atom. The quantitative estimate of drug-likeness (QED) is 0.169. The van der Waals surface area contributed by atoms with Gasteiger partial charge in [-0.15, -0.1) is 12.4 Å². The van der Waals surface area contributed by atoms with Gasteiger partial charge in [-0.3, -0.25) is 15.1 Å². The number of nitrogens with two attached hydrogens (primary N) is 1. The molecule has 0 saturated carbocycles. The minimum Gasteiger partial charge on any atom is -0.466 e. The van der Waals surface area contributed by atoms with Gasteiger partial charge in [-0.2, -0.15) is 0 Å². The van der Waals surface area contributed by atoms with E-state index < -0.39 is 12.1 Å². The zero-order chi connectivity index (χ0) is 27.1. The lowest BCUT2D eigenvalue weighted by molar-refractivity contribution is -0.142. The fraction of sp³-hybridized carbons (Fsp3) is 0.250. The first-order chi connectivity index (χ1) is 18.4. The molecular weight excluding hydrogens is 520 g/mol. The summed E-state index contributed by atoms with van der Waals surface area (Å²) in [4.78, 5) is 35.3. The average molecular weight is 551 g/mol. The Bertz CT molecular complexity index is 1440. The maximum atomic E-state index is 13.1. The molecule has 0 saturated heterocycles. The molecule has 1 aromatic carbocycles. The molecule has 204 valence electrons. The lowest BCUT2D eigenvalue weighted by Crippen LogP contribution is -2.36. The summed E-state index contributed by atoms with van der Waals surface area (Å²) >= 11 is 0. The number of benzene rings is 1. The van der Waals surface area contributed by atoms with Crippen molar-refractivity contribution >= 4 is 41.8 Å². The second kappa shape index (κ2) is 13.4. The van der Waals surface area contributed by atoms with Crippen LogP contribution in [0.2, 0.25) is 0 Å². The second-order valence-electron chi connectivity index (χ2n) is 8.61. The van der Waals surface area contributed by atoms with Crippen LogP contribution in [0.3, 0.4) is 0 Å². The number of fused-ring (bicyclic) bond motifs is 1. The predicted octanol–water partition coefficient (Wildman–Crippen LogP) is 4.49. The van der Waals surface area contributed by atoms with Crippen molar-refractivity contribution in [2.75, 3.05) is 18.1 Å². The third kappa shape index (κ3) is 7.32. The molecule has 0 aliphatic rings. The monoisotopic (exact) mass is 550 g/mol. The molecule has 39 heavy (non-hydrogen) atoms. The van der Waals surface area contributed by atoms with Gasteiger partial charge >= 0.3 is 12.1 Å². The number of pyridine rings is 2. The summed E-state index contributed by atoms with van der Waals surface area (Å²) in [5.74, 6) is 0.346. The second-order valence-corrected chi connectivity index (χ2v) is 8.61. The molecule has 0 spiro atoms. The SMILES string of the molecule is CCOC(=O)CCN(C(=O)Oc1ccn2c(C)c(CCc3ccc(C(=N)N)cc3)nc2c1)c1ccccn1.Cl. The molecule has 0 bridgehead atoms. The van der Waals surface area contributed by atoms with Gasteiger partial charge in [-0.1, -0.05) is 30.3 Å². The fourth-order valence-corrected chi connectivity index (χ4v) is 4.02. The number of hydrogen-bond donors (Lipinski definition) is 2. The number of imidazole rings is 1. The molecule has 4 rings (SSSR count). The summed E-state index contributed by atoms with van der Waals surface area (Å²) in [7, 11) is 0. The van der Waals surface area contributed by atoms with Gasteiger partial charge in [0.15, 0.2) is 0 Å². The average Bonchev–Trinajstić information content (AvgIpc) is 3.23. The van der Waals surface area contributed by atoms with Crippen LogP contribution in [-0.2, 0) is 22.4 Å². The highest BCUT2D eigenvalue weighted by Crippen LogP contribution is 2.21. The first-order valence-corrected chi connectivity index (χ1v) is 12.3. The maximum Gasteiger partial charge on any atom is 0.420 e. The standard InChI is InChI=1S/C28H30N6O4.ClH/c1-3-37-26(35)14-17-34(24-6-4-5-15-31-24)28(36)38-22-13-16-33-19(2)23(32-25(33)18-22)12-9-20-7-10-21(11-8-20)27(29)30;/h4-8,10-11,13,15-16,18H,3,9,12,14,17H2,1-2H3,(H3,29,30);1H. The van der Waals surface area contributed by atoms with Gasteiger partial charge in [0.1, 0.15) is 23.1 Å². The van der Waals surface area contributed by atoms with Crippen LogP contribution in [0.25, 0.3) is 5.65 Å². The van der Waals surface area contributed by atoms with Crippen molar-refractivity contribution < 1.29 is 19.1 Å². The van der Waals surface area contributed by atoms with Gasteiger partial charge in [0.25, 0.3) is 0 Å². The van der Waals surface area contributed by atoms with E-state index in [0.717, 1.165) is 29.8 Å². The number of amides is 1. The normalized spacial score (nSPS) is 10.5. The number of aryl methyl sites for hydroxylation is 3. The van der Waals surface area contributed by atoms with Gasteiger partial charge in [0, 0.05) is 36.3 Å². The van der Waals surface area contributed by atoms with Gasteiger partial charge in [0.2, 0.25) is 0 Å². The smallest absolute Gasteiger partial charge is 0.420 e. The molecule has 0 fully saturated rings. The van der Waals surface area contributed by atoms with Crippen molar-refractivity contribution in [2.45, 2.75) is 33.1 Å². The van der Waals surface area contributed by atoms with E-state index in [2.05, 4.69) is 4.98 Å². The topological polar surface area (TPSA) is 136 Å². The number of carbonyl (C=O) groups excluding carboxylic acids is 2. The number of aromatic nitrogens is 3. The van der Waals surface area contributed by atoms with Gasteiger partial charge in [-0.25, -0.2) is 14.8 Å². The number of nitrogen functional groups attached to an aromatic ring is 1. The molecule has 0 radical (unpaired) electrons. The molecule has 11 heteroatoms. The lowest BCUT2D eigenvalue weighted by atomic mass is 10.1. The van der Waals surface area contributed by atoms with Gasteiger partial charge < -0.3 is 19.6 Å². The van der Waals surface area contributed by atoms with Gasteiger partial charge in [-0.05, 0) is 50.5 Å². The van der Waals surface area contributed by atoms with Crippen molar-refractivity contribution in [2.24, 2.45) is 5.73 Å². The number of carbonyl (C=O) groups is 2. The Kier molecular flexibility index (Phi) is 9.99. The molecule has 0 aliphatic heterocycles. The van der Waals surface area contributed by atoms with E-state index in [-0.39, 0.29) is 37.8 Å². The lowest BCUT2D eigenvalue weighted by Gasteiger charge is -2.20. The van der Waals surface area contributed by atoms with E-state index >= 15 is 0 Å². The molecule has 1 amide bonds. The van der Waals surface area contributed by atoms with E-state index in [1.54, 1.807) is 43.5 Å². The number of anilines is 1. The van der Waals surface area contributed by atoms with E-state index in [1.165, 1.54) is 4.90 Å². The van der Waals surface area contributed by atoms with Crippen molar-refractivity contribution in [1.29, 1.82) is 5.41 Å².